The standard InChI is InChI=1S/C30H20Br2ClN3O2S2/c31-20-7-3-5-18(13-20)14-27-29(38)36(30(40-27)19-6-4-8-21(32)15-19)34-28(37)17-35-23-9-1-2-10-25(23)39-26-12-11-22(33)16-24(26)35/h1-16,30H,17H2,(H,34,37)/b27-14-. The molecule has 4 aromatic rings. The Labute approximate surface area is 262 Å². The van der Waals surface area contributed by atoms with E-state index in [1.165, 1.54) is 16.8 Å². The van der Waals surface area contributed by atoms with Gasteiger partial charge in [0, 0.05) is 23.8 Å². The van der Waals surface area contributed by atoms with Crippen LogP contribution in [0, 0.1) is 0 Å². The highest BCUT2D eigenvalue weighted by atomic mass is 79.9. The monoisotopic (exact) mass is 711 g/mol. The summed E-state index contributed by atoms with van der Waals surface area (Å²) in [5, 5.41) is 1.59. The molecule has 2 aliphatic heterocycles. The van der Waals surface area contributed by atoms with Crippen LogP contribution >= 0.6 is 67.0 Å². The number of carbonyl (C=O) groups is 2. The normalized spacial score (nSPS) is 17.1. The lowest BCUT2D eigenvalue weighted by atomic mass is 10.2. The summed E-state index contributed by atoms with van der Waals surface area (Å²) >= 11 is 16.4. The van der Waals surface area contributed by atoms with Gasteiger partial charge in [-0.15, -0.1) is 0 Å². The molecule has 1 unspecified atom stereocenters. The molecule has 0 aromatic heterocycles. The molecule has 0 radical (unpaired) electrons. The molecule has 0 saturated carbocycles. The summed E-state index contributed by atoms with van der Waals surface area (Å²) < 4.78 is 1.82. The average Bonchev–Trinajstić information content (AvgIpc) is 3.23. The number of thioether (sulfide) groups is 1. The van der Waals surface area contributed by atoms with Gasteiger partial charge in [0.15, 0.2) is 0 Å². The van der Waals surface area contributed by atoms with Crippen LogP contribution in [-0.2, 0) is 9.59 Å². The predicted molar refractivity (Wildman–Crippen MR) is 171 cm³/mol. The van der Waals surface area contributed by atoms with E-state index in [9.17, 15) is 9.59 Å². The minimum atomic E-state index is -0.432. The highest BCUT2D eigenvalue weighted by molar-refractivity contribution is 9.10. The molecule has 0 spiro atoms. The second-order valence-corrected chi connectivity index (χ2v) is 13.5. The largest absolute Gasteiger partial charge is 0.330 e. The quantitative estimate of drug-likeness (QED) is 0.210. The van der Waals surface area contributed by atoms with Crippen LogP contribution in [0.1, 0.15) is 16.5 Å². The van der Waals surface area contributed by atoms with Crippen LogP contribution in [0.4, 0.5) is 11.4 Å². The zero-order valence-electron chi connectivity index (χ0n) is 20.7. The number of hydrogen-bond donors (Lipinski definition) is 1. The van der Waals surface area contributed by atoms with Gasteiger partial charge < -0.3 is 4.90 Å². The first kappa shape index (κ1) is 27.5. The SMILES string of the molecule is O=C(CN1c2ccccc2Sc2ccc(Cl)cc21)NN1C(=O)/C(=C/c2cccc(Br)c2)SC1c1cccc(Br)c1. The fraction of sp³-hybridized carbons (Fsp3) is 0.0667. The summed E-state index contributed by atoms with van der Waals surface area (Å²) in [5.74, 6) is -0.577. The topological polar surface area (TPSA) is 52.7 Å². The highest BCUT2D eigenvalue weighted by Crippen LogP contribution is 2.49. The molecule has 0 aliphatic carbocycles. The summed E-state index contributed by atoms with van der Waals surface area (Å²) in [6.07, 6.45) is 1.85. The number of carbonyl (C=O) groups excluding carboxylic acids is 2. The van der Waals surface area contributed by atoms with Crippen LogP contribution in [0.25, 0.3) is 6.08 Å². The summed E-state index contributed by atoms with van der Waals surface area (Å²) in [4.78, 5) is 31.9. The van der Waals surface area contributed by atoms with E-state index >= 15 is 0 Å². The summed E-state index contributed by atoms with van der Waals surface area (Å²) in [6.45, 7) is 0.00917. The van der Waals surface area contributed by atoms with Crippen molar-refractivity contribution >= 4 is 96.2 Å². The van der Waals surface area contributed by atoms with Crippen molar-refractivity contribution in [1.82, 2.24) is 10.4 Å². The van der Waals surface area contributed by atoms with Crippen LogP contribution in [0.2, 0.25) is 5.02 Å². The predicted octanol–water partition coefficient (Wildman–Crippen LogP) is 8.81. The number of benzene rings is 4. The van der Waals surface area contributed by atoms with Crippen molar-refractivity contribution < 1.29 is 9.59 Å². The number of halogens is 3. The molecule has 0 bridgehead atoms. The van der Waals surface area contributed by atoms with Gasteiger partial charge in [-0.25, -0.2) is 5.01 Å². The second kappa shape index (κ2) is 11.7. The maximum atomic E-state index is 13.7. The number of nitrogens with zero attached hydrogens (tertiary/aromatic N) is 2. The number of rotatable bonds is 5. The lowest BCUT2D eigenvalue weighted by Crippen LogP contribution is -2.47. The Morgan fingerprint density at radius 1 is 0.900 bits per heavy atom. The van der Waals surface area contributed by atoms with Gasteiger partial charge >= 0.3 is 0 Å². The minimum absolute atomic E-state index is 0.00917. The fourth-order valence-corrected chi connectivity index (χ4v) is 7.82. The molecule has 2 aliphatic rings. The summed E-state index contributed by atoms with van der Waals surface area (Å²) in [5.41, 5.74) is 6.48. The molecule has 1 atom stereocenters. The van der Waals surface area contributed by atoms with Gasteiger partial charge in [0.25, 0.3) is 11.8 Å². The number of nitrogens with one attached hydrogen (secondary N) is 1. The Bertz CT molecular complexity index is 1680. The Morgan fingerprint density at radius 3 is 2.45 bits per heavy atom. The average molecular weight is 714 g/mol. The zero-order valence-corrected chi connectivity index (χ0v) is 26.2. The Morgan fingerprint density at radius 2 is 1.65 bits per heavy atom. The van der Waals surface area contributed by atoms with E-state index in [1.807, 2.05) is 102 Å². The van der Waals surface area contributed by atoms with Crippen LogP contribution < -0.4 is 10.3 Å². The van der Waals surface area contributed by atoms with Gasteiger partial charge in [-0.05, 0) is 71.8 Å². The molecular weight excluding hydrogens is 694 g/mol. The third kappa shape index (κ3) is 5.71. The number of hydrazine groups is 1. The van der Waals surface area contributed by atoms with Crippen molar-refractivity contribution in [3.63, 3.8) is 0 Å². The van der Waals surface area contributed by atoms with Gasteiger partial charge in [-0.1, -0.05) is 103 Å². The molecule has 2 heterocycles. The van der Waals surface area contributed by atoms with Crippen LogP contribution in [0.15, 0.2) is 115 Å². The van der Waals surface area contributed by atoms with E-state index in [-0.39, 0.29) is 18.4 Å². The number of anilines is 2. The minimum Gasteiger partial charge on any atom is -0.330 e. The number of hydrogen-bond acceptors (Lipinski definition) is 5. The summed E-state index contributed by atoms with van der Waals surface area (Å²) in [7, 11) is 0. The maximum absolute atomic E-state index is 13.7. The molecule has 10 heteroatoms. The Kier molecular flexibility index (Phi) is 8.01. The van der Waals surface area contributed by atoms with Crippen molar-refractivity contribution in [2.24, 2.45) is 0 Å². The molecule has 2 amide bonds. The molecule has 1 fully saturated rings. The van der Waals surface area contributed by atoms with Crippen LogP contribution in [-0.4, -0.2) is 23.4 Å². The number of fused-ring (bicyclic) bond motifs is 2. The van der Waals surface area contributed by atoms with Crippen molar-refractivity contribution in [3.8, 4) is 0 Å². The van der Waals surface area contributed by atoms with E-state index in [1.54, 1.807) is 11.8 Å². The zero-order chi connectivity index (χ0) is 27.8. The maximum Gasteiger partial charge on any atom is 0.280 e. The molecule has 1 saturated heterocycles. The van der Waals surface area contributed by atoms with Crippen LogP contribution in [0.5, 0.6) is 0 Å². The van der Waals surface area contributed by atoms with Gasteiger partial charge in [-0.3, -0.25) is 15.0 Å². The van der Waals surface area contributed by atoms with Gasteiger partial charge in [0.05, 0.1) is 16.3 Å². The van der Waals surface area contributed by atoms with E-state index in [2.05, 4.69) is 37.3 Å². The van der Waals surface area contributed by atoms with E-state index in [0.29, 0.717) is 9.93 Å². The first-order chi connectivity index (χ1) is 19.4. The molecule has 5 nitrogen and oxygen atoms in total. The smallest absolute Gasteiger partial charge is 0.280 e. The van der Waals surface area contributed by atoms with Crippen molar-refractivity contribution in [2.45, 2.75) is 15.2 Å². The van der Waals surface area contributed by atoms with Gasteiger partial charge in [-0.2, -0.15) is 0 Å². The van der Waals surface area contributed by atoms with Crippen molar-refractivity contribution in [2.75, 3.05) is 11.4 Å². The molecule has 6 rings (SSSR count). The van der Waals surface area contributed by atoms with Gasteiger partial charge in [0.1, 0.15) is 11.9 Å². The Balaban J connectivity index is 1.31. The molecule has 40 heavy (non-hydrogen) atoms. The number of para-hydroxylation sites is 1. The van der Waals surface area contributed by atoms with E-state index in [4.69, 9.17) is 11.6 Å². The van der Waals surface area contributed by atoms with Crippen molar-refractivity contribution in [3.05, 3.63) is 121 Å². The first-order valence-electron chi connectivity index (χ1n) is 12.2. The molecule has 200 valence electrons. The highest BCUT2D eigenvalue weighted by Gasteiger charge is 2.39. The second-order valence-electron chi connectivity index (χ2n) is 9.07. The van der Waals surface area contributed by atoms with Crippen molar-refractivity contribution in [1.29, 1.82) is 0 Å². The third-order valence-corrected chi connectivity index (χ3v) is 9.92. The molecule has 1 N–H and O–H groups in total. The molecule has 4 aromatic carbocycles. The Hall–Kier alpha value is -2.69. The van der Waals surface area contributed by atoms with E-state index in [0.717, 1.165) is 41.2 Å². The lowest BCUT2D eigenvalue weighted by Gasteiger charge is -2.33. The van der Waals surface area contributed by atoms with Gasteiger partial charge in [0.2, 0.25) is 0 Å². The van der Waals surface area contributed by atoms with Crippen LogP contribution in [0.3, 0.4) is 0 Å². The lowest BCUT2D eigenvalue weighted by molar-refractivity contribution is -0.137. The van der Waals surface area contributed by atoms with E-state index < -0.39 is 5.37 Å². The number of amides is 2. The summed E-state index contributed by atoms with van der Waals surface area (Å²) in [6, 6.07) is 29.1. The first-order valence-corrected chi connectivity index (χ1v) is 15.9. The third-order valence-electron chi connectivity index (χ3n) is 6.32. The molecular formula is C30H20Br2ClN3O2S2. The fourth-order valence-electron chi connectivity index (χ4n) is 4.56.